The number of aromatic hydroxyl groups is 1. The van der Waals surface area contributed by atoms with Gasteiger partial charge in [-0.25, -0.2) is 13.7 Å². The van der Waals surface area contributed by atoms with E-state index in [4.69, 9.17) is 23.2 Å². The standard InChI is InChI=1S/C29H24Cl2F2N2O5/c1-2-12-34-24(37)17-11-10-16-19(21(17)25(34)38)13-28(30)26(39)35(15-8-6-14(32)7-9-15)27(40)29(28,31)22(16)18-4-3-5-20(33)23(18)36/h3-10,17,19,21-22,36H,2,11-13H2,1H3/t17-,19+,21-,22+,28+,29-/m0/s1. The van der Waals surface area contributed by atoms with Crippen LogP contribution >= 0.6 is 23.2 Å². The third-order valence-electron chi connectivity index (χ3n) is 8.76. The van der Waals surface area contributed by atoms with Crippen LogP contribution in [0.15, 0.2) is 54.1 Å². The van der Waals surface area contributed by atoms with E-state index in [1.54, 1.807) is 6.08 Å². The molecule has 1 saturated carbocycles. The van der Waals surface area contributed by atoms with Gasteiger partial charge in [-0.15, -0.1) is 23.2 Å². The molecule has 40 heavy (non-hydrogen) atoms. The molecular formula is C29H24Cl2F2N2O5. The Kier molecular flexibility index (Phi) is 6.12. The van der Waals surface area contributed by atoms with E-state index in [0.717, 1.165) is 23.1 Å². The summed E-state index contributed by atoms with van der Waals surface area (Å²) in [7, 11) is 0. The van der Waals surface area contributed by atoms with Crippen molar-refractivity contribution >= 4 is 52.5 Å². The first kappa shape index (κ1) is 26.9. The molecule has 7 nitrogen and oxygen atoms in total. The van der Waals surface area contributed by atoms with Gasteiger partial charge in [-0.2, -0.15) is 0 Å². The first-order chi connectivity index (χ1) is 19.0. The van der Waals surface area contributed by atoms with Gasteiger partial charge in [-0.3, -0.25) is 24.1 Å². The van der Waals surface area contributed by atoms with Gasteiger partial charge < -0.3 is 5.11 Å². The van der Waals surface area contributed by atoms with E-state index in [-0.39, 0.29) is 36.5 Å². The molecule has 2 aliphatic heterocycles. The highest BCUT2D eigenvalue weighted by atomic mass is 35.5. The van der Waals surface area contributed by atoms with Crippen LogP contribution in [0.2, 0.25) is 0 Å². The molecule has 208 valence electrons. The Balaban J connectivity index is 1.57. The van der Waals surface area contributed by atoms with Crippen molar-refractivity contribution in [2.45, 2.75) is 41.9 Å². The number of carbonyl (C=O) groups excluding carboxylic acids is 4. The second kappa shape index (κ2) is 9.11. The van der Waals surface area contributed by atoms with Gasteiger partial charge in [-0.05, 0) is 55.5 Å². The number of carbonyl (C=O) groups is 4. The van der Waals surface area contributed by atoms with Gasteiger partial charge in [0.2, 0.25) is 11.8 Å². The third-order valence-corrected chi connectivity index (χ3v) is 10.2. The number of nitrogens with zero attached hydrogens (tertiary/aromatic N) is 2. The molecule has 0 unspecified atom stereocenters. The maximum Gasteiger partial charge on any atom is 0.258 e. The lowest BCUT2D eigenvalue weighted by atomic mass is 9.56. The summed E-state index contributed by atoms with van der Waals surface area (Å²) in [6, 6.07) is 8.39. The molecule has 6 rings (SSSR count). The molecule has 1 N–H and O–H groups in total. The third kappa shape index (κ3) is 3.34. The average molecular weight is 589 g/mol. The van der Waals surface area contributed by atoms with Crippen molar-refractivity contribution < 1.29 is 33.1 Å². The van der Waals surface area contributed by atoms with Crippen molar-refractivity contribution in [3.05, 3.63) is 71.3 Å². The first-order valence-electron chi connectivity index (χ1n) is 13.0. The second-order valence-electron chi connectivity index (χ2n) is 10.8. The molecule has 6 atom stereocenters. The minimum Gasteiger partial charge on any atom is -0.505 e. The van der Waals surface area contributed by atoms with E-state index in [9.17, 15) is 33.1 Å². The average Bonchev–Trinajstić information content (AvgIpc) is 3.25. The van der Waals surface area contributed by atoms with Crippen molar-refractivity contribution in [1.82, 2.24) is 4.90 Å². The molecule has 2 aromatic carbocycles. The lowest BCUT2D eigenvalue weighted by Gasteiger charge is -2.50. The summed E-state index contributed by atoms with van der Waals surface area (Å²) in [5.41, 5.74) is 0.401. The number of fused-ring (bicyclic) bond motifs is 4. The molecule has 4 amide bonds. The van der Waals surface area contributed by atoms with E-state index in [0.29, 0.717) is 12.0 Å². The molecule has 3 fully saturated rings. The number of likely N-dealkylation sites (tertiary alicyclic amines) is 1. The number of hydrogen-bond acceptors (Lipinski definition) is 5. The smallest absolute Gasteiger partial charge is 0.258 e. The summed E-state index contributed by atoms with van der Waals surface area (Å²) in [4.78, 5) is 52.6. The van der Waals surface area contributed by atoms with Crippen molar-refractivity contribution in [2.24, 2.45) is 17.8 Å². The van der Waals surface area contributed by atoms with Crippen LogP contribution in [0, 0.1) is 29.4 Å². The van der Waals surface area contributed by atoms with Crippen LogP contribution in [-0.2, 0) is 19.2 Å². The van der Waals surface area contributed by atoms with Crippen LogP contribution in [-0.4, -0.2) is 49.9 Å². The Morgan fingerprint density at radius 1 is 0.975 bits per heavy atom. The predicted molar refractivity (Wildman–Crippen MR) is 142 cm³/mol. The molecule has 2 aliphatic carbocycles. The topological polar surface area (TPSA) is 95.0 Å². The lowest BCUT2D eigenvalue weighted by Crippen LogP contribution is -2.60. The van der Waals surface area contributed by atoms with Gasteiger partial charge in [0.25, 0.3) is 11.8 Å². The summed E-state index contributed by atoms with van der Waals surface area (Å²) in [5, 5.41) is 10.8. The fourth-order valence-electron chi connectivity index (χ4n) is 7.02. The zero-order valence-electron chi connectivity index (χ0n) is 21.2. The molecule has 0 bridgehead atoms. The number of allylic oxidation sites excluding steroid dienone is 2. The van der Waals surface area contributed by atoms with E-state index in [2.05, 4.69) is 0 Å². The highest BCUT2D eigenvalue weighted by molar-refractivity contribution is 6.58. The fourth-order valence-corrected chi connectivity index (χ4v) is 7.95. The molecule has 2 aromatic rings. The summed E-state index contributed by atoms with van der Waals surface area (Å²) in [6.45, 7) is 2.08. The van der Waals surface area contributed by atoms with Gasteiger partial charge in [0.1, 0.15) is 5.82 Å². The summed E-state index contributed by atoms with van der Waals surface area (Å²) in [5.74, 6) is -8.50. The monoisotopic (exact) mass is 588 g/mol. The quantitative estimate of drug-likeness (QED) is 0.319. The number of phenolic OH excluding ortho intramolecular Hbond substituents is 1. The number of para-hydroxylation sites is 1. The Labute approximate surface area is 238 Å². The van der Waals surface area contributed by atoms with Crippen molar-refractivity contribution in [3.8, 4) is 5.75 Å². The van der Waals surface area contributed by atoms with E-state index >= 15 is 0 Å². The van der Waals surface area contributed by atoms with Crippen molar-refractivity contribution in [3.63, 3.8) is 0 Å². The van der Waals surface area contributed by atoms with Crippen LogP contribution in [0.1, 0.15) is 37.7 Å². The van der Waals surface area contributed by atoms with Gasteiger partial charge in [0.05, 0.1) is 17.5 Å². The van der Waals surface area contributed by atoms with Crippen LogP contribution < -0.4 is 4.90 Å². The maximum absolute atomic E-state index is 14.7. The number of alkyl halides is 2. The van der Waals surface area contributed by atoms with E-state index in [1.165, 1.54) is 29.2 Å². The Morgan fingerprint density at radius 3 is 2.35 bits per heavy atom. The molecule has 2 heterocycles. The van der Waals surface area contributed by atoms with Crippen LogP contribution in [0.4, 0.5) is 14.5 Å². The van der Waals surface area contributed by atoms with E-state index < -0.39 is 68.5 Å². The SMILES string of the molecule is CCCN1C(=O)[C@H]2[C@H](CC=C3[C@H]2C[C@@]2(Cl)C(=O)N(c4ccc(F)cc4)C(=O)[C@@]2(Cl)[C@H]3c2cccc(F)c2O)C1=O. The Morgan fingerprint density at radius 2 is 1.68 bits per heavy atom. The highest BCUT2D eigenvalue weighted by Crippen LogP contribution is 2.66. The van der Waals surface area contributed by atoms with Gasteiger partial charge in [0, 0.05) is 18.0 Å². The van der Waals surface area contributed by atoms with E-state index in [1.807, 2.05) is 6.92 Å². The molecular weight excluding hydrogens is 565 g/mol. The normalized spacial score (nSPS) is 33.2. The van der Waals surface area contributed by atoms with Crippen LogP contribution in [0.25, 0.3) is 0 Å². The highest BCUT2D eigenvalue weighted by Gasteiger charge is 2.76. The Bertz CT molecular complexity index is 1510. The number of imide groups is 2. The number of hydrogen-bond donors (Lipinski definition) is 1. The van der Waals surface area contributed by atoms with Gasteiger partial charge >= 0.3 is 0 Å². The predicted octanol–water partition coefficient (Wildman–Crippen LogP) is 4.64. The Hall–Kier alpha value is -3.30. The molecule has 0 radical (unpaired) electrons. The second-order valence-corrected chi connectivity index (χ2v) is 12.0. The molecule has 0 aromatic heterocycles. The number of phenols is 1. The van der Waals surface area contributed by atoms with Crippen molar-refractivity contribution in [1.29, 1.82) is 0 Å². The fraction of sp³-hybridized carbons (Fsp3) is 0.379. The summed E-state index contributed by atoms with van der Waals surface area (Å²) >= 11 is 14.3. The largest absolute Gasteiger partial charge is 0.505 e. The first-order valence-corrected chi connectivity index (χ1v) is 13.8. The number of amides is 4. The molecule has 11 heteroatoms. The van der Waals surface area contributed by atoms with Crippen LogP contribution in [0.3, 0.4) is 0 Å². The molecule has 2 saturated heterocycles. The minimum absolute atomic E-state index is 0.0316. The van der Waals surface area contributed by atoms with Crippen LogP contribution in [0.5, 0.6) is 5.75 Å². The lowest BCUT2D eigenvalue weighted by molar-refractivity contribution is -0.140. The zero-order chi connectivity index (χ0) is 28.7. The van der Waals surface area contributed by atoms with Gasteiger partial charge in [-0.1, -0.05) is 30.7 Å². The zero-order valence-corrected chi connectivity index (χ0v) is 22.8. The maximum atomic E-state index is 14.7. The number of benzene rings is 2. The number of anilines is 1. The molecule has 4 aliphatic rings. The van der Waals surface area contributed by atoms with Gasteiger partial charge in [0.15, 0.2) is 21.3 Å². The molecule has 0 spiro atoms. The summed E-state index contributed by atoms with van der Waals surface area (Å²) in [6.07, 6.45) is 2.19. The number of halogens is 4. The number of rotatable bonds is 4. The minimum atomic E-state index is -2.24. The summed E-state index contributed by atoms with van der Waals surface area (Å²) < 4.78 is 28.4. The van der Waals surface area contributed by atoms with Crippen molar-refractivity contribution in [2.75, 3.05) is 11.4 Å².